The first-order valence-corrected chi connectivity index (χ1v) is 12.3. The SMILES string of the molecule is CC(=O)C1CCC2C3CC=C4CC([Se]C(=N)N)CCC4(C)C3CCC12C. The average molecular weight is 421 g/mol. The Morgan fingerprint density at radius 1 is 1.19 bits per heavy atom. The Balaban J connectivity index is 1.59. The number of ketones is 1. The molecule has 4 aliphatic rings. The fourth-order valence-corrected chi connectivity index (χ4v) is 9.37. The normalized spacial score (nSPS) is 47.3. The van der Waals surface area contributed by atoms with Gasteiger partial charge in [0.25, 0.3) is 0 Å². The molecule has 7 atom stereocenters. The number of nitrogens with two attached hydrogens (primary N) is 1. The molecule has 0 amide bonds. The summed E-state index contributed by atoms with van der Waals surface area (Å²) in [6, 6.07) is 0. The van der Waals surface area contributed by atoms with Gasteiger partial charge in [0.05, 0.1) is 0 Å². The quantitative estimate of drug-likeness (QED) is 0.304. The molecule has 0 radical (unpaired) electrons. The summed E-state index contributed by atoms with van der Waals surface area (Å²) in [5, 5.41) is 7.67. The van der Waals surface area contributed by atoms with Gasteiger partial charge < -0.3 is 0 Å². The van der Waals surface area contributed by atoms with Gasteiger partial charge in [0, 0.05) is 0 Å². The van der Waals surface area contributed by atoms with Crippen molar-refractivity contribution in [1.29, 1.82) is 5.41 Å². The molecule has 4 heteroatoms. The number of carbonyl (C=O) groups excluding carboxylic acids is 1. The van der Waals surface area contributed by atoms with Gasteiger partial charge in [0.15, 0.2) is 0 Å². The average Bonchev–Trinajstić information content (AvgIpc) is 2.92. The Kier molecular flexibility index (Phi) is 4.67. The molecule has 7 unspecified atom stereocenters. The van der Waals surface area contributed by atoms with Crippen molar-refractivity contribution < 1.29 is 4.79 Å². The Hall–Kier alpha value is -0.601. The number of Topliss-reactive ketones (excluding diaryl/α,β-unsaturated/α-hetero) is 1. The van der Waals surface area contributed by atoms with Crippen LogP contribution in [0, 0.1) is 39.9 Å². The number of nitrogens with one attached hydrogen (secondary N) is 1. The number of amidine groups is 1. The molecule has 3 fully saturated rings. The number of hydrogen-bond acceptors (Lipinski definition) is 2. The van der Waals surface area contributed by atoms with E-state index in [9.17, 15) is 4.79 Å². The molecule has 26 heavy (non-hydrogen) atoms. The van der Waals surface area contributed by atoms with Gasteiger partial charge in [0.2, 0.25) is 0 Å². The summed E-state index contributed by atoms with van der Waals surface area (Å²) >= 11 is 0.171. The summed E-state index contributed by atoms with van der Waals surface area (Å²) in [4.78, 5) is 12.9. The molecule has 0 heterocycles. The summed E-state index contributed by atoms with van der Waals surface area (Å²) in [5.41, 5.74) is 8.00. The van der Waals surface area contributed by atoms with Gasteiger partial charge >= 0.3 is 165 Å². The monoisotopic (exact) mass is 422 g/mol. The van der Waals surface area contributed by atoms with Gasteiger partial charge in [-0.3, -0.25) is 0 Å². The maximum absolute atomic E-state index is 12.2. The third kappa shape index (κ3) is 2.74. The summed E-state index contributed by atoms with van der Waals surface area (Å²) in [5.74, 6) is 3.06. The minimum absolute atomic E-state index is 0.171. The van der Waals surface area contributed by atoms with Crippen molar-refractivity contribution >= 4 is 25.5 Å². The van der Waals surface area contributed by atoms with E-state index in [4.69, 9.17) is 11.1 Å². The molecule has 0 saturated heterocycles. The van der Waals surface area contributed by atoms with Gasteiger partial charge in [-0.15, -0.1) is 0 Å². The number of hydrogen-bond donors (Lipinski definition) is 2. The number of carbonyl (C=O) groups is 1. The van der Waals surface area contributed by atoms with Gasteiger partial charge in [-0.05, 0) is 0 Å². The zero-order valence-corrected chi connectivity index (χ0v) is 18.2. The van der Waals surface area contributed by atoms with Crippen LogP contribution in [0.2, 0.25) is 4.82 Å². The van der Waals surface area contributed by atoms with Crippen molar-refractivity contribution in [3.05, 3.63) is 11.6 Å². The molecular formula is C22H34N2OSe. The van der Waals surface area contributed by atoms with Crippen LogP contribution in [0.4, 0.5) is 0 Å². The zero-order chi connectivity index (χ0) is 18.7. The topological polar surface area (TPSA) is 66.9 Å². The van der Waals surface area contributed by atoms with Crippen LogP contribution in [-0.2, 0) is 4.79 Å². The molecular weight excluding hydrogens is 387 g/mol. The summed E-state index contributed by atoms with van der Waals surface area (Å²) in [6.07, 6.45) is 12.4. The Bertz CT molecular complexity index is 659. The van der Waals surface area contributed by atoms with Crippen molar-refractivity contribution in [3.63, 3.8) is 0 Å². The van der Waals surface area contributed by atoms with Gasteiger partial charge in [-0.25, -0.2) is 0 Å². The van der Waals surface area contributed by atoms with Crippen molar-refractivity contribution in [2.75, 3.05) is 0 Å². The fraction of sp³-hybridized carbons (Fsp3) is 0.818. The molecule has 0 aromatic rings. The number of rotatable bonds is 3. The first kappa shape index (κ1) is 18.7. The third-order valence-electron chi connectivity index (χ3n) is 8.84. The van der Waals surface area contributed by atoms with E-state index >= 15 is 0 Å². The van der Waals surface area contributed by atoms with Crippen LogP contribution in [0.25, 0.3) is 0 Å². The standard InChI is InChI=1S/C22H34N2OSe/c1-13(25)17-6-7-18-16-5-4-14-12-15(26-20(23)24)8-10-21(14,2)19(16)9-11-22(17,18)3/h4,15-19H,5-12H2,1-3H3,(H3,23,24). The third-order valence-corrected chi connectivity index (χ3v) is 10.9. The molecule has 0 aliphatic heterocycles. The van der Waals surface area contributed by atoms with Crippen molar-refractivity contribution in [3.8, 4) is 0 Å². The van der Waals surface area contributed by atoms with E-state index in [2.05, 4.69) is 19.9 Å². The zero-order valence-electron chi connectivity index (χ0n) is 16.5. The van der Waals surface area contributed by atoms with E-state index in [0.29, 0.717) is 26.7 Å². The molecule has 0 aromatic heterocycles. The van der Waals surface area contributed by atoms with Crippen molar-refractivity contribution in [2.24, 2.45) is 40.2 Å². The maximum atomic E-state index is 12.2. The number of fused-ring (bicyclic) bond motifs is 5. The fourth-order valence-electron chi connectivity index (χ4n) is 7.58. The van der Waals surface area contributed by atoms with Crippen molar-refractivity contribution in [2.45, 2.75) is 77.0 Å². The molecule has 0 spiro atoms. The van der Waals surface area contributed by atoms with E-state index < -0.39 is 0 Å². The first-order chi connectivity index (χ1) is 12.3. The molecule has 4 aliphatic carbocycles. The van der Waals surface area contributed by atoms with E-state index in [1.165, 1.54) is 44.9 Å². The van der Waals surface area contributed by atoms with Gasteiger partial charge in [0.1, 0.15) is 0 Å². The van der Waals surface area contributed by atoms with Crippen molar-refractivity contribution in [1.82, 2.24) is 0 Å². The number of allylic oxidation sites excluding steroid dienone is 2. The molecule has 3 nitrogen and oxygen atoms in total. The molecule has 3 saturated carbocycles. The van der Waals surface area contributed by atoms with Crippen LogP contribution in [0.3, 0.4) is 0 Å². The van der Waals surface area contributed by atoms with E-state index in [-0.39, 0.29) is 20.4 Å². The Morgan fingerprint density at radius 2 is 1.96 bits per heavy atom. The summed E-state index contributed by atoms with van der Waals surface area (Å²) < 4.78 is 0.412. The van der Waals surface area contributed by atoms with E-state index in [1.807, 2.05) is 6.92 Å². The second-order valence-corrected chi connectivity index (χ2v) is 12.7. The van der Waals surface area contributed by atoms with Gasteiger partial charge in [-0.2, -0.15) is 0 Å². The second-order valence-electron chi connectivity index (χ2n) is 9.89. The Morgan fingerprint density at radius 3 is 2.65 bits per heavy atom. The predicted octanol–water partition coefficient (Wildman–Crippen LogP) is 4.54. The molecule has 4 rings (SSSR count). The Labute approximate surface area is 164 Å². The minimum atomic E-state index is 0.171. The van der Waals surface area contributed by atoms with Crippen LogP contribution in [-0.4, -0.2) is 25.5 Å². The van der Waals surface area contributed by atoms with E-state index in [1.54, 1.807) is 5.57 Å². The predicted molar refractivity (Wildman–Crippen MR) is 107 cm³/mol. The summed E-state index contributed by atoms with van der Waals surface area (Å²) in [6.45, 7) is 6.79. The molecule has 144 valence electrons. The molecule has 0 aromatic carbocycles. The molecule has 3 N–H and O–H groups in total. The van der Waals surface area contributed by atoms with Crippen LogP contribution in [0.1, 0.15) is 72.1 Å². The van der Waals surface area contributed by atoms with Crippen LogP contribution >= 0.6 is 0 Å². The first-order valence-electron chi connectivity index (χ1n) is 10.5. The van der Waals surface area contributed by atoms with Gasteiger partial charge in [-0.1, -0.05) is 0 Å². The molecule has 0 bridgehead atoms. The van der Waals surface area contributed by atoms with Crippen LogP contribution < -0.4 is 5.73 Å². The van der Waals surface area contributed by atoms with Crippen LogP contribution in [0.5, 0.6) is 0 Å². The van der Waals surface area contributed by atoms with E-state index in [0.717, 1.165) is 24.2 Å². The second kappa shape index (κ2) is 6.48. The van der Waals surface area contributed by atoms with Crippen LogP contribution in [0.15, 0.2) is 11.6 Å². The summed E-state index contributed by atoms with van der Waals surface area (Å²) in [7, 11) is 0.